The number of ether oxygens (including phenoxy) is 2. The molecule has 0 fully saturated rings. The van der Waals surface area contributed by atoms with E-state index in [0.29, 0.717) is 23.9 Å². The van der Waals surface area contributed by atoms with Gasteiger partial charge in [-0.3, -0.25) is 0 Å². The highest BCUT2D eigenvalue weighted by molar-refractivity contribution is 5.90. The summed E-state index contributed by atoms with van der Waals surface area (Å²) in [5.74, 6) is 1.50. The molecular formula is C21H22N4O3. The Hall–Kier alpha value is -3.61. The van der Waals surface area contributed by atoms with Crippen molar-refractivity contribution in [3.05, 3.63) is 65.9 Å². The third kappa shape index (κ3) is 4.97. The third-order valence-electron chi connectivity index (χ3n) is 3.83. The molecule has 7 heteroatoms. The van der Waals surface area contributed by atoms with Gasteiger partial charge in [-0.25, -0.2) is 9.78 Å². The Morgan fingerprint density at radius 3 is 2.50 bits per heavy atom. The lowest BCUT2D eigenvalue weighted by Gasteiger charge is -2.11. The Kier molecular flexibility index (Phi) is 6.06. The number of carbonyl (C=O) groups excluding carboxylic acids is 1. The summed E-state index contributed by atoms with van der Waals surface area (Å²) < 4.78 is 10.2. The molecule has 1 heterocycles. The first kappa shape index (κ1) is 19.2. The van der Waals surface area contributed by atoms with Gasteiger partial charge in [0.15, 0.2) is 0 Å². The molecular weight excluding hydrogens is 356 g/mol. The van der Waals surface area contributed by atoms with Gasteiger partial charge in [-0.2, -0.15) is 4.98 Å². The molecule has 0 aliphatic rings. The number of anilines is 4. The first-order chi connectivity index (χ1) is 13.6. The molecule has 3 aromatic rings. The van der Waals surface area contributed by atoms with E-state index in [1.807, 2.05) is 50.2 Å². The first-order valence-electron chi connectivity index (χ1n) is 8.88. The second kappa shape index (κ2) is 8.85. The number of aromatic nitrogens is 2. The Morgan fingerprint density at radius 2 is 1.79 bits per heavy atom. The second-order valence-corrected chi connectivity index (χ2v) is 6.00. The number of hydrogen-bond acceptors (Lipinski definition) is 7. The molecule has 0 atom stereocenters. The molecule has 0 spiro atoms. The summed E-state index contributed by atoms with van der Waals surface area (Å²) in [6.07, 6.45) is 0. The molecule has 1 aromatic heterocycles. The molecule has 2 aromatic carbocycles. The molecule has 0 unspecified atom stereocenters. The van der Waals surface area contributed by atoms with Crippen LogP contribution in [0.5, 0.6) is 5.75 Å². The molecule has 28 heavy (non-hydrogen) atoms. The Bertz CT molecular complexity index is 958. The number of carbonyl (C=O) groups is 1. The SMILES string of the molecule is CCOc1ccc(Nc2nc(C)cc(Nc3cccc(C(=O)OC)c3)n2)cc1. The second-order valence-electron chi connectivity index (χ2n) is 6.00. The normalized spacial score (nSPS) is 10.2. The third-order valence-corrected chi connectivity index (χ3v) is 3.83. The number of hydrogen-bond donors (Lipinski definition) is 2. The molecule has 0 radical (unpaired) electrons. The summed E-state index contributed by atoms with van der Waals surface area (Å²) in [5.41, 5.74) is 2.85. The minimum atomic E-state index is -0.389. The van der Waals surface area contributed by atoms with Crippen molar-refractivity contribution >= 4 is 29.1 Å². The van der Waals surface area contributed by atoms with Crippen molar-refractivity contribution in [2.45, 2.75) is 13.8 Å². The molecule has 0 aliphatic carbocycles. The fourth-order valence-corrected chi connectivity index (χ4v) is 2.61. The Labute approximate surface area is 163 Å². The molecule has 0 saturated carbocycles. The maximum Gasteiger partial charge on any atom is 0.337 e. The average Bonchev–Trinajstić information content (AvgIpc) is 2.69. The van der Waals surface area contributed by atoms with E-state index in [1.165, 1.54) is 7.11 Å². The minimum absolute atomic E-state index is 0.389. The van der Waals surface area contributed by atoms with E-state index in [9.17, 15) is 4.79 Å². The summed E-state index contributed by atoms with van der Waals surface area (Å²) in [6, 6.07) is 16.5. The molecule has 2 N–H and O–H groups in total. The maximum absolute atomic E-state index is 11.7. The van der Waals surface area contributed by atoms with Crippen LogP contribution in [0.4, 0.5) is 23.1 Å². The zero-order valence-electron chi connectivity index (χ0n) is 16.0. The fourth-order valence-electron chi connectivity index (χ4n) is 2.61. The van der Waals surface area contributed by atoms with E-state index in [1.54, 1.807) is 18.2 Å². The highest BCUT2D eigenvalue weighted by Crippen LogP contribution is 2.22. The van der Waals surface area contributed by atoms with Crippen LogP contribution < -0.4 is 15.4 Å². The zero-order chi connectivity index (χ0) is 19.9. The lowest BCUT2D eigenvalue weighted by Crippen LogP contribution is -2.04. The van der Waals surface area contributed by atoms with Gasteiger partial charge in [-0.05, 0) is 56.3 Å². The van der Waals surface area contributed by atoms with E-state index in [4.69, 9.17) is 9.47 Å². The van der Waals surface area contributed by atoms with Gasteiger partial charge in [-0.1, -0.05) is 6.07 Å². The van der Waals surface area contributed by atoms with E-state index >= 15 is 0 Å². The number of aryl methyl sites for hydroxylation is 1. The summed E-state index contributed by atoms with van der Waals surface area (Å²) in [4.78, 5) is 20.6. The molecule has 0 aliphatic heterocycles. The lowest BCUT2D eigenvalue weighted by atomic mass is 10.2. The van der Waals surface area contributed by atoms with Gasteiger partial charge >= 0.3 is 5.97 Å². The highest BCUT2D eigenvalue weighted by Gasteiger charge is 2.08. The van der Waals surface area contributed by atoms with E-state index < -0.39 is 0 Å². The van der Waals surface area contributed by atoms with Crippen molar-refractivity contribution in [3.8, 4) is 5.75 Å². The van der Waals surface area contributed by atoms with Crippen molar-refractivity contribution in [3.63, 3.8) is 0 Å². The average molecular weight is 378 g/mol. The van der Waals surface area contributed by atoms with Crippen LogP contribution in [0.2, 0.25) is 0 Å². The molecule has 144 valence electrons. The number of nitrogens with one attached hydrogen (secondary N) is 2. The topological polar surface area (TPSA) is 85.4 Å². The van der Waals surface area contributed by atoms with Gasteiger partial charge in [0.25, 0.3) is 0 Å². The molecule has 7 nitrogen and oxygen atoms in total. The number of rotatable bonds is 7. The summed E-state index contributed by atoms with van der Waals surface area (Å²) >= 11 is 0. The van der Waals surface area contributed by atoms with Crippen LogP contribution in [-0.2, 0) is 4.74 Å². The summed E-state index contributed by atoms with van der Waals surface area (Å²) in [5, 5.41) is 6.38. The zero-order valence-corrected chi connectivity index (χ0v) is 16.0. The van der Waals surface area contributed by atoms with Gasteiger partial charge < -0.3 is 20.1 Å². The number of benzene rings is 2. The number of nitrogens with zero attached hydrogens (tertiary/aromatic N) is 2. The monoisotopic (exact) mass is 378 g/mol. The fraction of sp³-hybridized carbons (Fsp3) is 0.190. The van der Waals surface area contributed by atoms with Gasteiger partial charge in [0.1, 0.15) is 11.6 Å². The quantitative estimate of drug-likeness (QED) is 0.587. The standard InChI is InChI=1S/C21H22N4O3/c1-4-28-18-10-8-16(9-11-18)24-21-22-14(2)12-19(25-21)23-17-7-5-6-15(13-17)20(26)27-3/h5-13H,4H2,1-3H3,(H2,22,23,24,25). The van der Waals surface area contributed by atoms with Crippen LogP contribution in [0.25, 0.3) is 0 Å². The minimum Gasteiger partial charge on any atom is -0.494 e. The van der Waals surface area contributed by atoms with Crippen molar-refractivity contribution in [2.75, 3.05) is 24.4 Å². The Morgan fingerprint density at radius 1 is 1.00 bits per heavy atom. The van der Waals surface area contributed by atoms with Crippen molar-refractivity contribution in [1.82, 2.24) is 9.97 Å². The lowest BCUT2D eigenvalue weighted by molar-refractivity contribution is 0.0601. The van der Waals surface area contributed by atoms with Crippen LogP contribution in [0.3, 0.4) is 0 Å². The van der Waals surface area contributed by atoms with Crippen LogP contribution in [0, 0.1) is 6.92 Å². The molecule has 0 amide bonds. The molecule has 3 rings (SSSR count). The van der Waals surface area contributed by atoms with Gasteiger partial charge in [-0.15, -0.1) is 0 Å². The summed E-state index contributed by atoms with van der Waals surface area (Å²) in [6.45, 7) is 4.46. The van der Waals surface area contributed by atoms with Crippen molar-refractivity contribution in [1.29, 1.82) is 0 Å². The number of esters is 1. The predicted octanol–water partition coefficient (Wildman–Crippen LogP) is 4.46. The molecule has 0 bridgehead atoms. The van der Waals surface area contributed by atoms with Gasteiger partial charge in [0.2, 0.25) is 5.95 Å². The van der Waals surface area contributed by atoms with Crippen molar-refractivity contribution < 1.29 is 14.3 Å². The van der Waals surface area contributed by atoms with Crippen LogP contribution in [0.1, 0.15) is 23.0 Å². The smallest absolute Gasteiger partial charge is 0.337 e. The number of methoxy groups -OCH3 is 1. The van der Waals surface area contributed by atoms with Crippen molar-refractivity contribution in [2.24, 2.45) is 0 Å². The highest BCUT2D eigenvalue weighted by atomic mass is 16.5. The van der Waals surface area contributed by atoms with Crippen LogP contribution >= 0.6 is 0 Å². The Balaban J connectivity index is 1.77. The van der Waals surface area contributed by atoms with E-state index in [2.05, 4.69) is 20.6 Å². The summed E-state index contributed by atoms with van der Waals surface area (Å²) in [7, 11) is 1.36. The first-order valence-corrected chi connectivity index (χ1v) is 8.88. The largest absolute Gasteiger partial charge is 0.494 e. The molecule has 0 saturated heterocycles. The van der Waals surface area contributed by atoms with Gasteiger partial charge in [0.05, 0.1) is 19.3 Å². The maximum atomic E-state index is 11.7. The van der Waals surface area contributed by atoms with E-state index in [0.717, 1.165) is 22.8 Å². The van der Waals surface area contributed by atoms with Gasteiger partial charge in [0, 0.05) is 23.1 Å². The van der Waals surface area contributed by atoms with Crippen LogP contribution in [0.15, 0.2) is 54.6 Å². The predicted molar refractivity (Wildman–Crippen MR) is 109 cm³/mol. The van der Waals surface area contributed by atoms with E-state index in [-0.39, 0.29) is 5.97 Å². The van der Waals surface area contributed by atoms with Crippen LogP contribution in [-0.4, -0.2) is 29.7 Å².